The smallest absolute Gasteiger partial charge is 0.135 e. The molecule has 0 radical (unpaired) electrons. The summed E-state index contributed by atoms with van der Waals surface area (Å²) >= 11 is 6.39. The van der Waals surface area contributed by atoms with Crippen molar-refractivity contribution in [2.75, 3.05) is 32.1 Å². The predicted octanol–water partition coefficient (Wildman–Crippen LogP) is 5.97. The fraction of sp³-hybridized carbons (Fsp3) is 0.269. The number of para-hydroxylation sites is 1. The molecule has 1 saturated heterocycles. The number of fused-ring (bicyclic) bond motifs is 1. The lowest BCUT2D eigenvalue weighted by molar-refractivity contribution is 0.315. The van der Waals surface area contributed by atoms with Gasteiger partial charge in [-0.3, -0.25) is 0 Å². The summed E-state index contributed by atoms with van der Waals surface area (Å²) in [4.78, 5) is 9.50. The Morgan fingerprint density at radius 2 is 1.94 bits per heavy atom. The van der Waals surface area contributed by atoms with Gasteiger partial charge in [-0.2, -0.15) is 0 Å². The number of hydrogen-bond donors (Lipinski definition) is 1. The van der Waals surface area contributed by atoms with Crippen molar-refractivity contribution in [3.63, 3.8) is 0 Å². The van der Waals surface area contributed by atoms with Crippen molar-refractivity contribution in [1.29, 1.82) is 0 Å². The molecule has 2 aromatic heterocycles. The van der Waals surface area contributed by atoms with Crippen LogP contribution in [0.5, 0.6) is 5.75 Å². The Morgan fingerprint density at radius 1 is 1.12 bits per heavy atom. The van der Waals surface area contributed by atoms with Gasteiger partial charge < -0.3 is 19.3 Å². The van der Waals surface area contributed by atoms with Crippen LogP contribution < -0.4 is 4.90 Å². The van der Waals surface area contributed by atoms with Crippen LogP contribution in [0, 0.1) is 6.92 Å². The minimum atomic E-state index is 0.166. The molecule has 164 valence electrons. The summed E-state index contributed by atoms with van der Waals surface area (Å²) in [7, 11) is 4.23. The van der Waals surface area contributed by atoms with Crippen LogP contribution in [0.4, 0.5) is 5.82 Å². The maximum Gasteiger partial charge on any atom is 0.135 e. The van der Waals surface area contributed by atoms with Crippen LogP contribution in [-0.4, -0.2) is 48.2 Å². The number of likely N-dealkylation sites (N-methyl/N-ethyl adjacent to an activating group) is 1. The number of aromatic nitrogens is 1. The van der Waals surface area contributed by atoms with Crippen molar-refractivity contribution in [1.82, 2.24) is 9.88 Å². The van der Waals surface area contributed by atoms with Crippen molar-refractivity contribution in [2.24, 2.45) is 0 Å². The lowest BCUT2D eigenvalue weighted by atomic mass is 10.0. The van der Waals surface area contributed by atoms with E-state index in [2.05, 4.69) is 30.0 Å². The second kappa shape index (κ2) is 8.15. The number of phenols is 1. The Balaban J connectivity index is 1.65. The third kappa shape index (κ3) is 3.83. The molecule has 3 heterocycles. The van der Waals surface area contributed by atoms with Gasteiger partial charge in [-0.15, -0.1) is 0 Å². The number of aryl methyl sites for hydroxylation is 1. The molecule has 1 fully saturated rings. The average molecular weight is 448 g/mol. The van der Waals surface area contributed by atoms with E-state index >= 15 is 0 Å². The van der Waals surface area contributed by atoms with Gasteiger partial charge in [0.2, 0.25) is 0 Å². The molecule has 5 nitrogen and oxygen atoms in total. The number of halogens is 1. The maximum atomic E-state index is 10.7. The molecule has 0 bridgehead atoms. The molecule has 2 aromatic carbocycles. The van der Waals surface area contributed by atoms with Crippen LogP contribution in [-0.2, 0) is 0 Å². The number of phenolic OH excluding ortho intramolecular Hbond substituents is 1. The highest BCUT2D eigenvalue weighted by atomic mass is 35.5. The maximum absolute atomic E-state index is 10.7. The van der Waals surface area contributed by atoms with Gasteiger partial charge >= 0.3 is 0 Å². The van der Waals surface area contributed by atoms with E-state index in [1.807, 2.05) is 43.3 Å². The highest BCUT2D eigenvalue weighted by molar-refractivity contribution is 6.31. The first-order valence-corrected chi connectivity index (χ1v) is 11.2. The summed E-state index contributed by atoms with van der Waals surface area (Å²) in [5.74, 6) is 1.82. The van der Waals surface area contributed by atoms with E-state index in [0.717, 1.165) is 53.2 Å². The lowest BCUT2D eigenvalue weighted by Gasteiger charge is -2.22. The molecular formula is C26H26ClN3O2. The van der Waals surface area contributed by atoms with Gasteiger partial charge in [-0.25, -0.2) is 4.98 Å². The molecule has 0 saturated carbocycles. The van der Waals surface area contributed by atoms with Crippen molar-refractivity contribution in [3.8, 4) is 28.3 Å². The van der Waals surface area contributed by atoms with Crippen LogP contribution in [0.25, 0.3) is 33.6 Å². The molecule has 0 spiro atoms. The monoisotopic (exact) mass is 447 g/mol. The van der Waals surface area contributed by atoms with E-state index in [4.69, 9.17) is 21.0 Å². The number of pyridine rings is 1. The van der Waals surface area contributed by atoms with Gasteiger partial charge in [0.25, 0.3) is 0 Å². The van der Waals surface area contributed by atoms with E-state index in [1.165, 1.54) is 0 Å². The number of hydrogen-bond acceptors (Lipinski definition) is 5. The molecular weight excluding hydrogens is 422 g/mol. The molecule has 6 heteroatoms. The normalized spacial score (nSPS) is 16.4. The fourth-order valence-corrected chi connectivity index (χ4v) is 4.49. The first kappa shape index (κ1) is 20.9. The van der Waals surface area contributed by atoms with Crippen molar-refractivity contribution in [2.45, 2.75) is 19.4 Å². The summed E-state index contributed by atoms with van der Waals surface area (Å²) in [6.07, 6.45) is 1.08. The van der Waals surface area contributed by atoms with Crippen LogP contribution in [0.3, 0.4) is 0 Å². The van der Waals surface area contributed by atoms with Gasteiger partial charge in [0.15, 0.2) is 0 Å². The molecule has 1 aliphatic heterocycles. The minimum absolute atomic E-state index is 0.166. The van der Waals surface area contributed by atoms with Crippen LogP contribution >= 0.6 is 11.6 Å². The highest BCUT2D eigenvalue weighted by Gasteiger charge is 2.26. The molecule has 4 aromatic rings. The summed E-state index contributed by atoms with van der Waals surface area (Å²) in [5.41, 5.74) is 3.88. The van der Waals surface area contributed by atoms with Crippen molar-refractivity contribution >= 4 is 28.4 Å². The number of benzene rings is 2. The van der Waals surface area contributed by atoms with Crippen LogP contribution in [0.2, 0.25) is 5.02 Å². The largest absolute Gasteiger partial charge is 0.507 e. The first-order chi connectivity index (χ1) is 15.4. The second-order valence-electron chi connectivity index (χ2n) is 8.72. The summed E-state index contributed by atoms with van der Waals surface area (Å²) in [6.45, 7) is 3.71. The van der Waals surface area contributed by atoms with Gasteiger partial charge in [0.05, 0.1) is 5.69 Å². The molecule has 1 unspecified atom stereocenters. The highest BCUT2D eigenvalue weighted by Crippen LogP contribution is 2.38. The standard InChI is InChI=1S/C26H26ClN3O2/c1-16-10-23(31)20(14-21(16)27)22-11-18(25-12-17-6-4-5-7-24(17)32-25)13-26(28-22)30-9-8-19(15-30)29(2)3/h4-7,10-14,19,31H,8-9,15H2,1-3H3. The summed E-state index contributed by atoms with van der Waals surface area (Å²) < 4.78 is 6.15. The number of anilines is 1. The number of furan rings is 1. The van der Waals surface area contributed by atoms with Gasteiger partial charge in [-0.05, 0) is 69.4 Å². The first-order valence-electron chi connectivity index (χ1n) is 10.8. The van der Waals surface area contributed by atoms with Crippen molar-refractivity contribution in [3.05, 3.63) is 65.2 Å². The number of aromatic hydroxyl groups is 1. The molecule has 32 heavy (non-hydrogen) atoms. The molecule has 1 N–H and O–H groups in total. The quantitative estimate of drug-likeness (QED) is 0.417. The second-order valence-corrected chi connectivity index (χ2v) is 9.13. The van der Waals surface area contributed by atoms with Gasteiger partial charge in [-0.1, -0.05) is 29.8 Å². The van der Waals surface area contributed by atoms with Crippen LogP contribution in [0.1, 0.15) is 12.0 Å². The van der Waals surface area contributed by atoms with Crippen LogP contribution in [0.15, 0.2) is 59.0 Å². The zero-order chi connectivity index (χ0) is 22.4. The van der Waals surface area contributed by atoms with E-state index in [1.54, 1.807) is 12.1 Å². The molecule has 0 aliphatic carbocycles. The third-order valence-corrected chi connectivity index (χ3v) is 6.70. The van der Waals surface area contributed by atoms with E-state index in [9.17, 15) is 5.11 Å². The van der Waals surface area contributed by atoms with E-state index in [-0.39, 0.29) is 5.75 Å². The van der Waals surface area contributed by atoms with Gasteiger partial charge in [0, 0.05) is 40.7 Å². The molecule has 1 atom stereocenters. The molecule has 1 aliphatic rings. The molecule has 0 amide bonds. The Hall–Kier alpha value is -3.02. The fourth-order valence-electron chi connectivity index (χ4n) is 4.33. The molecule has 5 rings (SSSR count). The Bertz CT molecular complexity index is 1260. The Labute approximate surface area is 192 Å². The van der Waals surface area contributed by atoms with Gasteiger partial charge in [0.1, 0.15) is 22.9 Å². The topological polar surface area (TPSA) is 52.7 Å². The zero-order valence-electron chi connectivity index (χ0n) is 18.5. The summed E-state index contributed by atoms with van der Waals surface area (Å²) in [6, 6.07) is 18.0. The van der Waals surface area contributed by atoms with Crippen molar-refractivity contribution < 1.29 is 9.52 Å². The number of rotatable bonds is 4. The zero-order valence-corrected chi connectivity index (χ0v) is 19.2. The number of nitrogens with zero attached hydrogens (tertiary/aromatic N) is 3. The SMILES string of the molecule is Cc1cc(O)c(-c2cc(-c3cc4ccccc4o3)cc(N3CCC(N(C)C)C3)n2)cc1Cl. The average Bonchev–Trinajstić information content (AvgIpc) is 3.43. The third-order valence-electron chi connectivity index (χ3n) is 6.29. The Morgan fingerprint density at radius 3 is 2.69 bits per heavy atom. The Kier molecular flexibility index (Phi) is 5.31. The van der Waals surface area contributed by atoms with E-state index < -0.39 is 0 Å². The summed E-state index contributed by atoms with van der Waals surface area (Å²) in [5, 5.41) is 12.3. The minimum Gasteiger partial charge on any atom is -0.507 e. The van der Waals surface area contributed by atoms with E-state index in [0.29, 0.717) is 22.3 Å². The lowest BCUT2D eigenvalue weighted by Crippen LogP contribution is -2.31. The predicted molar refractivity (Wildman–Crippen MR) is 131 cm³/mol.